The van der Waals surface area contributed by atoms with E-state index in [1.54, 1.807) is 0 Å². The second-order valence-electron chi connectivity index (χ2n) is 11.9. The number of carboxylic acids is 1. The number of aliphatic carboxylic acids is 1. The van der Waals surface area contributed by atoms with E-state index in [0.717, 1.165) is 59.4 Å². The Morgan fingerprint density at radius 3 is 1.95 bits per heavy atom. The van der Waals surface area contributed by atoms with Crippen LogP contribution in [-0.4, -0.2) is 28.2 Å². The second kappa shape index (κ2) is 10.3. The van der Waals surface area contributed by atoms with E-state index in [4.69, 9.17) is 19.3 Å². The zero-order valence-electron chi connectivity index (χ0n) is 24.2. The van der Waals surface area contributed by atoms with Gasteiger partial charge in [-0.3, -0.25) is 9.59 Å². The van der Waals surface area contributed by atoms with Gasteiger partial charge in [0.15, 0.2) is 0 Å². The topological polar surface area (TPSA) is 82.1 Å². The van der Waals surface area contributed by atoms with Gasteiger partial charge in [0.2, 0.25) is 0 Å². The van der Waals surface area contributed by atoms with E-state index in [2.05, 4.69) is 33.8 Å². The summed E-state index contributed by atoms with van der Waals surface area (Å²) in [4.78, 5) is 24.2. The molecule has 0 fully saturated rings. The SMILES string of the molecule is Cc1cc(C)c2c(c1C)OC(C)(CCC(=O)Oc1c(C)c(C)c3c(c1C)CCC(C)(CCC(=O)O)O3)CC2. The number of ether oxygens (including phenoxy) is 3. The lowest BCUT2D eigenvalue weighted by Crippen LogP contribution is -2.38. The Kier molecular flexibility index (Phi) is 7.57. The van der Waals surface area contributed by atoms with Gasteiger partial charge in [-0.2, -0.15) is 0 Å². The maximum Gasteiger partial charge on any atom is 0.311 e. The molecule has 0 aliphatic carbocycles. The molecule has 0 radical (unpaired) electrons. The number of hydrogen-bond donors (Lipinski definition) is 1. The highest BCUT2D eigenvalue weighted by Gasteiger charge is 2.36. The van der Waals surface area contributed by atoms with E-state index in [9.17, 15) is 9.59 Å². The van der Waals surface area contributed by atoms with Crippen LogP contribution in [0.15, 0.2) is 6.07 Å². The number of carbonyl (C=O) groups is 2. The molecule has 2 unspecified atom stereocenters. The average molecular weight is 523 g/mol. The highest BCUT2D eigenvalue weighted by Crippen LogP contribution is 2.45. The number of rotatable bonds is 7. The fourth-order valence-corrected chi connectivity index (χ4v) is 5.93. The first-order valence-electron chi connectivity index (χ1n) is 13.8. The van der Waals surface area contributed by atoms with E-state index in [1.165, 1.54) is 22.3 Å². The third-order valence-electron chi connectivity index (χ3n) is 8.87. The summed E-state index contributed by atoms with van der Waals surface area (Å²) in [5.74, 6) is 1.33. The predicted octanol–water partition coefficient (Wildman–Crippen LogP) is 6.96. The van der Waals surface area contributed by atoms with Crippen LogP contribution >= 0.6 is 0 Å². The van der Waals surface area contributed by atoms with Gasteiger partial charge in [0.1, 0.15) is 28.5 Å². The summed E-state index contributed by atoms with van der Waals surface area (Å²) in [7, 11) is 0. The molecule has 2 aromatic rings. The first kappa shape index (κ1) is 28.0. The Balaban J connectivity index is 1.47. The fraction of sp³-hybridized carbons (Fsp3) is 0.562. The van der Waals surface area contributed by atoms with Gasteiger partial charge in [-0.15, -0.1) is 0 Å². The number of aryl methyl sites for hydroxylation is 2. The summed E-state index contributed by atoms with van der Waals surface area (Å²) < 4.78 is 18.9. The molecule has 0 amide bonds. The summed E-state index contributed by atoms with van der Waals surface area (Å²) in [5, 5.41) is 9.13. The molecule has 4 rings (SSSR count). The summed E-state index contributed by atoms with van der Waals surface area (Å²) >= 11 is 0. The third-order valence-corrected chi connectivity index (χ3v) is 8.87. The van der Waals surface area contributed by atoms with Crippen molar-refractivity contribution in [2.45, 2.75) is 118 Å². The predicted molar refractivity (Wildman–Crippen MR) is 148 cm³/mol. The third kappa shape index (κ3) is 5.41. The van der Waals surface area contributed by atoms with Crippen LogP contribution in [-0.2, 0) is 22.4 Å². The van der Waals surface area contributed by atoms with Crippen LogP contribution in [0, 0.1) is 41.5 Å². The van der Waals surface area contributed by atoms with Gasteiger partial charge < -0.3 is 19.3 Å². The summed E-state index contributed by atoms with van der Waals surface area (Å²) in [5.41, 5.74) is 7.81. The molecule has 2 aliphatic rings. The van der Waals surface area contributed by atoms with Gasteiger partial charge in [-0.05, 0) is 133 Å². The summed E-state index contributed by atoms with van der Waals surface area (Å²) in [6.07, 6.45) is 4.68. The van der Waals surface area contributed by atoms with Gasteiger partial charge in [0.05, 0.1) is 0 Å². The Morgan fingerprint density at radius 1 is 0.789 bits per heavy atom. The zero-order valence-corrected chi connectivity index (χ0v) is 24.2. The lowest BCUT2D eigenvalue weighted by atomic mass is 9.85. The van der Waals surface area contributed by atoms with Crippen molar-refractivity contribution in [3.05, 3.63) is 50.6 Å². The molecule has 6 nitrogen and oxygen atoms in total. The van der Waals surface area contributed by atoms with Crippen molar-refractivity contribution in [1.29, 1.82) is 0 Å². The zero-order chi connectivity index (χ0) is 28.0. The highest BCUT2D eigenvalue weighted by atomic mass is 16.5. The maximum absolute atomic E-state index is 13.1. The molecule has 0 saturated heterocycles. The highest BCUT2D eigenvalue weighted by molar-refractivity contribution is 5.75. The van der Waals surface area contributed by atoms with Crippen LogP contribution in [0.5, 0.6) is 17.2 Å². The molecule has 1 N–H and O–H groups in total. The van der Waals surface area contributed by atoms with E-state index >= 15 is 0 Å². The Bertz CT molecular complexity index is 1290. The minimum absolute atomic E-state index is 0.0749. The minimum Gasteiger partial charge on any atom is -0.487 e. The van der Waals surface area contributed by atoms with Gasteiger partial charge in [-0.1, -0.05) is 6.07 Å². The van der Waals surface area contributed by atoms with Gasteiger partial charge in [0.25, 0.3) is 0 Å². The van der Waals surface area contributed by atoms with E-state index < -0.39 is 17.2 Å². The molecule has 0 bridgehead atoms. The average Bonchev–Trinajstić information content (AvgIpc) is 2.86. The molecule has 206 valence electrons. The Hall–Kier alpha value is -3.02. The number of hydrogen-bond acceptors (Lipinski definition) is 5. The molecule has 0 aromatic heterocycles. The fourth-order valence-electron chi connectivity index (χ4n) is 5.93. The van der Waals surface area contributed by atoms with Gasteiger partial charge >= 0.3 is 11.9 Å². The lowest BCUT2D eigenvalue weighted by molar-refractivity contribution is -0.138. The molecular weight excluding hydrogens is 480 g/mol. The minimum atomic E-state index is -0.816. The van der Waals surface area contributed by atoms with Gasteiger partial charge in [-0.25, -0.2) is 0 Å². The first-order valence-corrected chi connectivity index (χ1v) is 13.8. The van der Waals surface area contributed by atoms with Crippen LogP contribution in [0.4, 0.5) is 0 Å². The second-order valence-corrected chi connectivity index (χ2v) is 11.9. The van der Waals surface area contributed by atoms with Gasteiger partial charge in [0, 0.05) is 18.4 Å². The molecule has 38 heavy (non-hydrogen) atoms. The Morgan fingerprint density at radius 2 is 1.34 bits per heavy atom. The maximum atomic E-state index is 13.1. The smallest absolute Gasteiger partial charge is 0.311 e. The van der Waals surface area contributed by atoms with Crippen molar-refractivity contribution in [2.24, 2.45) is 0 Å². The van der Waals surface area contributed by atoms with E-state index in [-0.39, 0.29) is 18.8 Å². The van der Waals surface area contributed by atoms with E-state index in [1.807, 2.05) is 27.7 Å². The summed E-state index contributed by atoms with van der Waals surface area (Å²) in [6.45, 7) is 16.3. The van der Waals surface area contributed by atoms with Crippen LogP contribution in [0.3, 0.4) is 0 Å². The monoisotopic (exact) mass is 522 g/mol. The van der Waals surface area contributed by atoms with Crippen molar-refractivity contribution < 1.29 is 28.9 Å². The molecule has 2 aromatic carbocycles. The number of carboxylic acid groups (broad SMARTS) is 1. The standard InChI is InChI=1S/C32H42O6/c1-18-17-19(2)24-9-13-32(8,37-29(24)20(18)3)16-12-27(35)36-28-21(4)22(5)30-25(23(28)6)10-14-31(7,38-30)15-11-26(33)34/h17H,9-16H2,1-8H3,(H,33,34). The molecule has 0 saturated carbocycles. The van der Waals surface area contributed by atoms with Crippen LogP contribution in [0.25, 0.3) is 0 Å². The molecule has 2 heterocycles. The van der Waals surface area contributed by atoms with Crippen molar-refractivity contribution in [3.63, 3.8) is 0 Å². The normalized spacial score (nSPS) is 22.1. The summed E-state index contributed by atoms with van der Waals surface area (Å²) in [6, 6.07) is 2.23. The molecular formula is C32H42O6. The first-order chi connectivity index (χ1) is 17.7. The van der Waals surface area contributed by atoms with Crippen molar-refractivity contribution in [3.8, 4) is 17.2 Å². The number of carbonyl (C=O) groups excluding carboxylic acids is 1. The van der Waals surface area contributed by atoms with Crippen LogP contribution in [0.2, 0.25) is 0 Å². The van der Waals surface area contributed by atoms with Crippen LogP contribution < -0.4 is 14.2 Å². The van der Waals surface area contributed by atoms with Crippen molar-refractivity contribution in [2.75, 3.05) is 0 Å². The molecule has 0 spiro atoms. The van der Waals surface area contributed by atoms with Crippen molar-refractivity contribution in [1.82, 2.24) is 0 Å². The number of fused-ring (bicyclic) bond motifs is 2. The molecule has 2 aliphatic heterocycles. The quantitative estimate of drug-likeness (QED) is 0.313. The largest absolute Gasteiger partial charge is 0.487 e. The van der Waals surface area contributed by atoms with E-state index in [0.29, 0.717) is 18.6 Å². The molecule has 2 atom stereocenters. The number of benzene rings is 2. The number of esters is 1. The van der Waals surface area contributed by atoms with Crippen molar-refractivity contribution >= 4 is 11.9 Å². The van der Waals surface area contributed by atoms with Crippen LogP contribution in [0.1, 0.15) is 96.9 Å². The lowest BCUT2D eigenvalue weighted by Gasteiger charge is -2.38. The molecule has 6 heteroatoms. The Labute approximate surface area is 226 Å².